The summed E-state index contributed by atoms with van der Waals surface area (Å²) in [5.74, 6) is -0.614. The molecular formula is C10H19NO6. The number of carbonyl (C=O) groups is 1. The van der Waals surface area contributed by atoms with E-state index in [1.165, 1.54) is 0 Å². The topological polar surface area (TPSA) is 122 Å². The third kappa shape index (κ3) is 3.62. The maximum absolute atomic E-state index is 11.0. The lowest BCUT2D eigenvalue weighted by atomic mass is 10.0. The zero-order valence-corrected chi connectivity index (χ0v) is 9.65. The van der Waals surface area contributed by atoms with Crippen molar-refractivity contribution in [1.29, 1.82) is 0 Å². The van der Waals surface area contributed by atoms with E-state index in [2.05, 4.69) is 0 Å². The predicted octanol–water partition coefficient (Wildman–Crippen LogP) is -1.90. The van der Waals surface area contributed by atoms with Gasteiger partial charge in [-0.15, -0.1) is 0 Å². The van der Waals surface area contributed by atoms with Crippen LogP contribution in [0.15, 0.2) is 0 Å². The molecule has 0 saturated carbocycles. The Morgan fingerprint density at radius 2 is 2.24 bits per heavy atom. The van der Waals surface area contributed by atoms with Crippen LogP contribution in [0, 0.1) is 0 Å². The van der Waals surface area contributed by atoms with Crippen LogP contribution in [0.5, 0.6) is 0 Å². The number of hydrogen-bond acceptors (Lipinski definition) is 6. The standard InChI is InChI=1S/C10H19NO6/c1-2-6(10(11)15)16-8-3-5(13)9(14)7(4-12)17-8/h5-9,12-14H,2-4H2,1H3,(H2,11,15)/t5-,6+,7-,8+,9-/m1/s1. The van der Waals surface area contributed by atoms with Crippen molar-refractivity contribution in [3.8, 4) is 0 Å². The number of aliphatic hydroxyl groups excluding tert-OH is 3. The van der Waals surface area contributed by atoms with Crippen molar-refractivity contribution >= 4 is 5.91 Å². The molecule has 0 aromatic rings. The summed E-state index contributed by atoms with van der Waals surface area (Å²) in [6.07, 6.45) is -4.39. The summed E-state index contributed by atoms with van der Waals surface area (Å²) < 4.78 is 10.5. The van der Waals surface area contributed by atoms with Crippen LogP contribution in [0.2, 0.25) is 0 Å². The second-order valence-electron chi connectivity index (χ2n) is 4.02. The summed E-state index contributed by atoms with van der Waals surface area (Å²) in [4.78, 5) is 11.0. The number of ether oxygens (including phenoxy) is 2. The molecule has 7 nitrogen and oxygen atoms in total. The van der Waals surface area contributed by atoms with E-state index in [9.17, 15) is 15.0 Å². The van der Waals surface area contributed by atoms with Crippen LogP contribution in [0.1, 0.15) is 19.8 Å². The molecule has 5 N–H and O–H groups in total. The monoisotopic (exact) mass is 249 g/mol. The molecule has 0 aromatic carbocycles. The van der Waals surface area contributed by atoms with Gasteiger partial charge in [0.05, 0.1) is 12.7 Å². The second-order valence-corrected chi connectivity index (χ2v) is 4.02. The van der Waals surface area contributed by atoms with Crippen molar-refractivity contribution in [2.45, 2.75) is 50.5 Å². The number of aliphatic hydroxyl groups is 3. The maximum atomic E-state index is 11.0. The first-order valence-electron chi connectivity index (χ1n) is 5.56. The quantitative estimate of drug-likeness (QED) is 0.451. The number of amides is 1. The number of nitrogens with two attached hydrogens (primary N) is 1. The van der Waals surface area contributed by atoms with Crippen LogP contribution in [-0.2, 0) is 14.3 Å². The van der Waals surface area contributed by atoms with Crippen molar-refractivity contribution < 1.29 is 29.6 Å². The van der Waals surface area contributed by atoms with Crippen LogP contribution in [0.4, 0.5) is 0 Å². The van der Waals surface area contributed by atoms with E-state index in [1.807, 2.05) is 0 Å². The van der Waals surface area contributed by atoms with Crippen LogP contribution < -0.4 is 5.73 Å². The van der Waals surface area contributed by atoms with Gasteiger partial charge >= 0.3 is 0 Å². The minimum Gasteiger partial charge on any atom is -0.394 e. The van der Waals surface area contributed by atoms with Crippen molar-refractivity contribution in [2.24, 2.45) is 5.73 Å². The molecule has 0 aliphatic carbocycles. The summed E-state index contributed by atoms with van der Waals surface area (Å²) in [5.41, 5.74) is 5.11. The van der Waals surface area contributed by atoms with Crippen molar-refractivity contribution in [2.75, 3.05) is 6.61 Å². The Balaban J connectivity index is 2.57. The normalized spacial score (nSPS) is 35.5. The van der Waals surface area contributed by atoms with E-state index in [1.54, 1.807) is 6.92 Å². The molecule has 1 aliphatic heterocycles. The average molecular weight is 249 g/mol. The minimum atomic E-state index is -1.16. The Labute approximate surface area is 99.1 Å². The van der Waals surface area contributed by atoms with Crippen LogP contribution in [-0.4, -0.2) is 58.5 Å². The fourth-order valence-corrected chi connectivity index (χ4v) is 1.70. The smallest absolute Gasteiger partial charge is 0.246 e. The van der Waals surface area contributed by atoms with Gasteiger partial charge in [-0.1, -0.05) is 6.92 Å². The predicted molar refractivity (Wildman–Crippen MR) is 56.7 cm³/mol. The highest BCUT2D eigenvalue weighted by Crippen LogP contribution is 2.22. The highest BCUT2D eigenvalue weighted by molar-refractivity contribution is 5.78. The van der Waals surface area contributed by atoms with Gasteiger partial charge in [0.15, 0.2) is 6.29 Å². The molecule has 0 unspecified atom stereocenters. The molecule has 17 heavy (non-hydrogen) atoms. The average Bonchev–Trinajstić information content (AvgIpc) is 2.29. The highest BCUT2D eigenvalue weighted by atomic mass is 16.7. The third-order valence-corrected chi connectivity index (χ3v) is 2.72. The summed E-state index contributed by atoms with van der Waals surface area (Å²) in [7, 11) is 0. The van der Waals surface area contributed by atoms with Crippen molar-refractivity contribution in [1.82, 2.24) is 0 Å². The maximum Gasteiger partial charge on any atom is 0.246 e. The van der Waals surface area contributed by atoms with E-state index < -0.39 is 43.2 Å². The molecule has 5 atom stereocenters. The second kappa shape index (κ2) is 6.27. The van der Waals surface area contributed by atoms with Gasteiger partial charge in [0.1, 0.15) is 18.3 Å². The number of hydrogen-bond donors (Lipinski definition) is 4. The molecule has 7 heteroatoms. The lowest BCUT2D eigenvalue weighted by Crippen LogP contribution is -2.51. The lowest BCUT2D eigenvalue weighted by molar-refractivity contribution is -0.266. The molecule has 0 aromatic heterocycles. The Hall–Kier alpha value is -0.730. The summed E-state index contributed by atoms with van der Waals surface area (Å²) >= 11 is 0. The summed E-state index contributed by atoms with van der Waals surface area (Å²) in [6, 6.07) is 0. The molecular weight excluding hydrogens is 230 g/mol. The minimum absolute atomic E-state index is 0.0292. The van der Waals surface area contributed by atoms with E-state index in [0.717, 1.165) is 0 Å². The Bertz CT molecular complexity index is 261. The van der Waals surface area contributed by atoms with E-state index >= 15 is 0 Å². The van der Waals surface area contributed by atoms with Gasteiger partial charge < -0.3 is 30.5 Å². The zero-order chi connectivity index (χ0) is 13.0. The van der Waals surface area contributed by atoms with Crippen molar-refractivity contribution in [3.05, 3.63) is 0 Å². The van der Waals surface area contributed by atoms with E-state index in [0.29, 0.717) is 6.42 Å². The first kappa shape index (κ1) is 14.3. The van der Waals surface area contributed by atoms with Gasteiger partial charge in [-0.2, -0.15) is 0 Å². The molecule has 1 aliphatic rings. The van der Waals surface area contributed by atoms with Gasteiger partial charge in [0.2, 0.25) is 5.91 Å². The summed E-state index contributed by atoms with van der Waals surface area (Å²) in [5, 5.41) is 28.0. The summed E-state index contributed by atoms with van der Waals surface area (Å²) in [6.45, 7) is 1.29. The van der Waals surface area contributed by atoms with Gasteiger partial charge in [0, 0.05) is 6.42 Å². The van der Waals surface area contributed by atoms with E-state index in [-0.39, 0.29) is 6.42 Å². The van der Waals surface area contributed by atoms with Gasteiger partial charge in [-0.05, 0) is 6.42 Å². The number of primary amides is 1. The molecule has 0 bridgehead atoms. The Kier molecular flexibility index (Phi) is 5.29. The molecule has 1 fully saturated rings. The van der Waals surface area contributed by atoms with Crippen LogP contribution >= 0.6 is 0 Å². The van der Waals surface area contributed by atoms with Crippen LogP contribution in [0.3, 0.4) is 0 Å². The first-order chi connectivity index (χ1) is 7.99. The Morgan fingerprint density at radius 3 is 2.71 bits per heavy atom. The van der Waals surface area contributed by atoms with Gasteiger partial charge in [-0.25, -0.2) is 0 Å². The Morgan fingerprint density at radius 1 is 1.59 bits per heavy atom. The first-order valence-corrected chi connectivity index (χ1v) is 5.56. The number of carbonyl (C=O) groups excluding carboxylic acids is 1. The highest BCUT2D eigenvalue weighted by Gasteiger charge is 2.38. The molecule has 1 rings (SSSR count). The molecule has 1 saturated heterocycles. The molecule has 1 heterocycles. The van der Waals surface area contributed by atoms with Gasteiger partial charge in [-0.3, -0.25) is 4.79 Å². The fourth-order valence-electron chi connectivity index (χ4n) is 1.70. The van der Waals surface area contributed by atoms with Crippen molar-refractivity contribution in [3.63, 3.8) is 0 Å². The van der Waals surface area contributed by atoms with E-state index in [4.69, 9.17) is 20.3 Å². The SMILES string of the molecule is CC[C@H](O[C@@H]1C[C@@H](O)[C@@H](O)[C@@H](CO)O1)C(N)=O. The molecule has 100 valence electrons. The fraction of sp³-hybridized carbons (Fsp3) is 0.900. The molecule has 0 radical (unpaired) electrons. The molecule has 1 amide bonds. The third-order valence-electron chi connectivity index (χ3n) is 2.72. The lowest BCUT2D eigenvalue weighted by Gasteiger charge is -2.37. The van der Waals surface area contributed by atoms with Gasteiger partial charge in [0.25, 0.3) is 0 Å². The zero-order valence-electron chi connectivity index (χ0n) is 9.65. The number of rotatable bonds is 5. The van der Waals surface area contributed by atoms with Crippen LogP contribution in [0.25, 0.3) is 0 Å². The largest absolute Gasteiger partial charge is 0.394 e. The molecule has 0 spiro atoms.